The summed E-state index contributed by atoms with van der Waals surface area (Å²) < 4.78 is 42.3. The maximum atomic E-state index is 13.3. The standard InChI is InChI=1S/C18H13FS.CHF3/c19-20-17-13-7-12-16(14-8-3-1-4-9-14)18(17)15-10-5-2-6-11-15;2-1(3)4/h1-13H;1H/p+1. The number of hydrogen-bond acceptors (Lipinski definition) is 0. The predicted octanol–water partition coefficient (Wildman–Crippen LogP) is 6.26. The summed E-state index contributed by atoms with van der Waals surface area (Å²) in [5.41, 5.74) is 4.20. The summed E-state index contributed by atoms with van der Waals surface area (Å²) in [6.45, 7) is -3.67. The summed E-state index contributed by atoms with van der Waals surface area (Å²) >= 11 is -0.203. The molecule has 3 rings (SSSR count). The van der Waals surface area contributed by atoms with Gasteiger partial charge in [-0.2, -0.15) is 13.2 Å². The molecule has 3 aromatic carbocycles. The van der Waals surface area contributed by atoms with Crippen LogP contribution in [0.4, 0.5) is 17.1 Å². The number of alkyl halides is 3. The molecule has 0 aliphatic rings. The number of rotatable bonds is 3. The first-order valence-corrected chi connectivity index (χ1v) is 7.90. The van der Waals surface area contributed by atoms with Crippen LogP contribution in [0.5, 0.6) is 0 Å². The molecule has 0 amide bonds. The maximum absolute atomic E-state index is 13.3. The van der Waals surface area contributed by atoms with Gasteiger partial charge in [0.25, 0.3) is 0 Å². The molecule has 0 saturated carbocycles. The van der Waals surface area contributed by atoms with Crippen molar-refractivity contribution in [1.29, 1.82) is 0 Å². The number of halogens is 4. The van der Waals surface area contributed by atoms with Crippen LogP contribution in [0.15, 0.2) is 83.8 Å². The molecule has 5 heteroatoms. The zero-order chi connectivity index (χ0) is 17.4. The molecule has 0 nitrogen and oxygen atoms in total. The van der Waals surface area contributed by atoms with Crippen LogP contribution in [0, 0.1) is 0 Å². The second-order valence-corrected chi connectivity index (χ2v) is 5.41. The van der Waals surface area contributed by atoms with E-state index in [0.29, 0.717) is 4.90 Å². The minimum atomic E-state index is -3.67. The third-order valence-electron chi connectivity index (χ3n) is 3.28. The lowest BCUT2D eigenvalue weighted by molar-refractivity contribution is 0.00819. The van der Waals surface area contributed by atoms with E-state index >= 15 is 0 Å². The Balaban J connectivity index is 0.000000471. The highest BCUT2D eigenvalue weighted by Crippen LogP contribution is 2.35. The number of thiol groups is 1. The van der Waals surface area contributed by atoms with E-state index in [9.17, 15) is 17.1 Å². The van der Waals surface area contributed by atoms with Gasteiger partial charge in [0.1, 0.15) is 0 Å². The van der Waals surface area contributed by atoms with Gasteiger partial charge in [-0.15, -0.1) is 0 Å². The smallest absolute Gasteiger partial charge is 0.174 e. The van der Waals surface area contributed by atoms with Crippen molar-refractivity contribution in [2.45, 2.75) is 11.6 Å². The van der Waals surface area contributed by atoms with Crippen LogP contribution < -0.4 is 0 Å². The van der Waals surface area contributed by atoms with Gasteiger partial charge in [-0.3, -0.25) is 0 Å². The quantitative estimate of drug-likeness (QED) is 0.297. The van der Waals surface area contributed by atoms with Crippen molar-refractivity contribution in [2.24, 2.45) is 0 Å². The minimum absolute atomic E-state index is 0.203. The van der Waals surface area contributed by atoms with Crippen molar-refractivity contribution in [3.8, 4) is 22.3 Å². The Bertz CT molecular complexity index is 743. The molecule has 0 atom stereocenters. The van der Waals surface area contributed by atoms with Crippen molar-refractivity contribution >= 4 is 12.1 Å². The SMILES string of the molecule is FC(F)F.F[SH+]c1cccc(-c2ccccc2)c1-c1ccccc1. The molecular weight excluding hydrogens is 336 g/mol. The molecule has 3 aromatic rings. The molecule has 0 aromatic heterocycles. The molecule has 0 unspecified atom stereocenters. The molecule has 24 heavy (non-hydrogen) atoms. The first kappa shape index (κ1) is 18.1. The summed E-state index contributed by atoms with van der Waals surface area (Å²) in [6, 6.07) is 25.9. The Morgan fingerprint density at radius 3 is 1.62 bits per heavy atom. The average Bonchev–Trinajstić information content (AvgIpc) is 2.62. The topological polar surface area (TPSA) is 0 Å². The van der Waals surface area contributed by atoms with Gasteiger partial charge in [0.05, 0.1) is 0 Å². The highest BCUT2D eigenvalue weighted by Gasteiger charge is 2.17. The Labute approximate surface area is 142 Å². The Morgan fingerprint density at radius 2 is 1.12 bits per heavy atom. The van der Waals surface area contributed by atoms with E-state index < -0.39 is 6.68 Å². The molecule has 0 bridgehead atoms. The molecule has 124 valence electrons. The van der Waals surface area contributed by atoms with Gasteiger partial charge in [-0.25, -0.2) is 0 Å². The van der Waals surface area contributed by atoms with E-state index in [1.54, 1.807) is 0 Å². The Hall–Kier alpha value is -2.27. The van der Waals surface area contributed by atoms with Gasteiger partial charge in [0.15, 0.2) is 0 Å². The molecule has 0 aliphatic heterocycles. The summed E-state index contributed by atoms with van der Waals surface area (Å²) in [7, 11) is 0. The molecule has 0 saturated heterocycles. The van der Waals surface area contributed by atoms with Crippen molar-refractivity contribution < 1.29 is 17.1 Å². The fourth-order valence-corrected chi connectivity index (χ4v) is 2.85. The lowest BCUT2D eigenvalue weighted by atomic mass is 9.94. The monoisotopic (exact) mass is 351 g/mol. The second-order valence-electron chi connectivity index (χ2n) is 4.76. The molecule has 0 heterocycles. The molecular formula is C19H15F4S+. The normalized spacial score (nSPS) is 10.2. The second kappa shape index (κ2) is 9.13. The van der Waals surface area contributed by atoms with Crippen LogP contribution in [0.3, 0.4) is 0 Å². The van der Waals surface area contributed by atoms with Crippen LogP contribution in [-0.4, -0.2) is 6.68 Å². The van der Waals surface area contributed by atoms with E-state index in [1.165, 1.54) is 0 Å². The zero-order valence-electron chi connectivity index (χ0n) is 12.5. The van der Waals surface area contributed by atoms with Crippen molar-refractivity contribution in [2.75, 3.05) is 0 Å². The molecule has 0 radical (unpaired) electrons. The lowest BCUT2D eigenvalue weighted by Crippen LogP contribution is -1.90. The third kappa shape index (κ3) is 4.86. The van der Waals surface area contributed by atoms with Crippen LogP contribution >= 0.6 is 0 Å². The summed E-state index contributed by atoms with van der Waals surface area (Å²) in [6.07, 6.45) is 0. The first-order chi connectivity index (χ1) is 11.6. The fraction of sp³-hybridized carbons (Fsp3) is 0.0526. The first-order valence-electron chi connectivity index (χ1n) is 7.11. The molecule has 0 fully saturated rings. The van der Waals surface area contributed by atoms with Crippen LogP contribution in [0.2, 0.25) is 0 Å². The minimum Gasteiger partial charge on any atom is -0.174 e. The predicted molar refractivity (Wildman–Crippen MR) is 92.6 cm³/mol. The fourth-order valence-electron chi connectivity index (χ4n) is 2.38. The molecule has 0 aliphatic carbocycles. The van der Waals surface area contributed by atoms with Gasteiger partial charge < -0.3 is 0 Å². The number of hydrogen-bond donors (Lipinski definition) is 0. The Kier molecular flexibility index (Phi) is 6.88. The Morgan fingerprint density at radius 1 is 0.625 bits per heavy atom. The van der Waals surface area contributed by atoms with E-state index in [-0.39, 0.29) is 12.1 Å². The van der Waals surface area contributed by atoms with Gasteiger partial charge in [0, 0.05) is 9.45 Å². The summed E-state index contributed by atoms with van der Waals surface area (Å²) in [5, 5.41) is 0. The maximum Gasteiger partial charge on any atom is 0.379 e. The van der Waals surface area contributed by atoms with Gasteiger partial charge in [-0.1, -0.05) is 72.8 Å². The highest BCUT2D eigenvalue weighted by molar-refractivity contribution is 7.73. The largest absolute Gasteiger partial charge is 0.379 e. The summed E-state index contributed by atoms with van der Waals surface area (Å²) in [5.74, 6) is 0. The van der Waals surface area contributed by atoms with E-state index in [1.807, 2.05) is 66.7 Å². The average molecular weight is 351 g/mol. The van der Waals surface area contributed by atoms with Crippen molar-refractivity contribution in [3.63, 3.8) is 0 Å². The summed E-state index contributed by atoms with van der Waals surface area (Å²) in [4.78, 5) is 0.706. The van der Waals surface area contributed by atoms with E-state index in [4.69, 9.17) is 0 Å². The lowest BCUT2D eigenvalue weighted by Gasteiger charge is -2.10. The van der Waals surface area contributed by atoms with E-state index in [2.05, 4.69) is 12.1 Å². The molecule has 0 N–H and O–H groups in total. The zero-order valence-corrected chi connectivity index (χ0v) is 13.4. The number of benzene rings is 3. The van der Waals surface area contributed by atoms with Crippen molar-refractivity contribution in [1.82, 2.24) is 0 Å². The van der Waals surface area contributed by atoms with Crippen LogP contribution in [0.1, 0.15) is 0 Å². The highest BCUT2D eigenvalue weighted by atomic mass is 32.2. The van der Waals surface area contributed by atoms with E-state index in [0.717, 1.165) is 22.3 Å². The van der Waals surface area contributed by atoms with Gasteiger partial charge in [-0.05, 0) is 22.8 Å². The third-order valence-corrected chi connectivity index (χ3v) is 3.84. The van der Waals surface area contributed by atoms with Crippen LogP contribution in [-0.2, 0) is 12.1 Å². The van der Waals surface area contributed by atoms with Crippen LogP contribution in [0.25, 0.3) is 22.3 Å². The van der Waals surface area contributed by atoms with Crippen molar-refractivity contribution in [3.05, 3.63) is 78.9 Å². The van der Waals surface area contributed by atoms with Gasteiger partial charge >= 0.3 is 6.68 Å². The van der Waals surface area contributed by atoms with Gasteiger partial charge in [0.2, 0.25) is 17.0 Å². The molecule has 0 spiro atoms.